The molecule has 14 rings (SSSR count). The maximum absolute atomic E-state index is 5.61. The molecule has 3 heterocycles. The Labute approximate surface area is 399 Å². The Balaban J connectivity index is 1.03. The maximum atomic E-state index is 5.61. The number of rotatable bonds is 5. The smallest absolute Gasteiger partial charge is 0.235 e. The van der Waals surface area contributed by atoms with Crippen molar-refractivity contribution in [2.24, 2.45) is 0 Å². The Bertz CT molecular complexity index is 4410. The average molecular weight is 879 g/mol. The van der Waals surface area contributed by atoms with E-state index in [9.17, 15) is 0 Å². The molecule has 0 radical (unpaired) electrons. The molecule has 4 heteroatoms. The molecule has 0 amide bonds. The number of hydrogen-bond donors (Lipinski definition) is 0. The number of aromatic nitrogens is 4. The zero-order valence-corrected chi connectivity index (χ0v) is 38.1. The van der Waals surface area contributed by atoms with Crippen molar-refractivity contribution < 1.29 is 0 Å². The van der Waals surface area contributed by atoms with Gasteiger partial charge in [0, 0.05) is 44.6 Å². The summed E-state index contributed by atoms with van der Waals surface area (Å²) in [5.74, 6) is 7.20. The molecule has 10 aromatic carbocycles. The minimum Gasteiger partial charge on any atom is -0.309 e. The minimum absolute atomic E-state index is 0.631. The van der Waals surface area contributed by atoms with Gasteiger partial charge in [0.05, 0.1) is 33.3 Å². The van der Waals surface area contributed by atoms with E-state index in [1.807, 2.05) is 6.08 Å². The molecule has 322 valence electrons. The van der Waals surface area contributed by atoms with Crippen LogP contribution in [0.15, 0.2) is 200 Å². The topological polar surface area (TPSA) is 35.6 Å². The van der Waals surface area contributed by atoms with Gasteiger partial charge in [0.25, 0.3) is 0 Å². The molecule has 13 aromatic rings. The third-order valence-electron chi connectivity index (χ3n) is 14.5. The quantitative estimate of drug-likeness (QED) is 0.162. The van der Waals surface area contributed by atoms with E-state index in [4.69, 9.17) is 9.97 Å². The van der Waals surface area contributed by atoms with E-state index in [0.29, 0.717) is 12.4 Å². The van der Waals surface area contributed by atoms with Crippen molar-refractivity contribution in [2.45, 2.75) is 20.3 Å². The number of nitrogens with zero attached hydrogens (tertiary/aromatic N) is 4. The fourth-order valence-corrected chi connectivity index (χ4v) is 11.4. The van der Waals surface area contributed by atoms with Crippen LogP contribution in [0, 0.1) is 25.7 Å². The molecule has 0 fully saturated rings. The third kappa shape index (κ3) is 5.91. The summed E-state index contributed by atoms with van der Waals surface area (Å²) in [6, 6.07) is 70.6. The number of hydrogen-bond acceptors (Lipinski definition) is 2. The summed E-state index contributed by atoms with van der Waals surface area (Å²) in [7, 11) is 0. The van der Waals surface area contributed by atoms with Gasteiger partial charge in [-0.25, -0.2) is 9.97 Å². The van der Waals surface area contributed by atoms with Gasteiger partial charge in [0.2, 0.25) is 5.95 Å². The van der Waals surface area contributed by atoms with Crippen molar-refractivity contribution in [3.8, 4) is 57.0 Å². The lowest BCUT2D eigenvalue weighted by Gasteiger charge is -2.19. The van der Waals surface area contributed by atoms with Crippen molar-refractivity contribution in [3.05, 3.63) is 222 Å². The molecule has 1 aliphatic rings. The predicted octanol–water partition coefficient (Wildman–Crippen LogP) is 16.3. The number of benzene rings is 10. The first-order chi connectivity index (χ1) is 34.1. The highest BCUT2D eigenvalue weighted by Gasteiger charge is 2.25. The lowest BCUT2D eigenvalue weighted by molar-refractivity contribution is 1.01. The van der Waals surface area contributed by atoms with Gasteiger partial charge in [-0.1, -0.05) is 164 Å². The molecular formula is C65H42N4. The van der Waals surface area contributed by atoms with E-state index in [1.165, 1.54) is 87.5 Å². The highest BCUT2D eigenvalue weighted by molar-refractivity contribution is 6.26. The van der Waals surface area contributed by atoms with Crippen LogP contribution in [0.4, 0.5) is 0 Å². The Hall–Kier alpha value is -9.04. The molecule has 0 aliphatic heterocycles. The van der Waals surface area contributed by atoms with Gasteiger partial charge in [-0.2, -0.15) is 0 Å². The lowest BCUT2D eigenvalue weighted by Crippen LogP contribution is -2.06. The van der Waals surface area contributed by atoms with Crippen LogP contribution in [0.5, 0.6) is 0 Å². The standard InChI is InChI=1S/C65H42N4/c1-40-30-31-45(46-32-35-53-58(39-46)68(47-22-9-5-10-23-47)57-37-34-43-19-12-13-25-48(43)60(53)57)38-54(40)59-41(2)64-61(51-27-15-14-26-50(51)59)52-28-16-17-29-56(52)69(64)65-66-55-36-33-42-18-6-4-11-24-49(42)62(55)63(67-65)44-20-7-3-8-21-44/h3,5-10,12-23,25-39H,24H2,1-2H3. The second kappa shape index (κ2) is 15.3. The van der Waals surface area contributed by atoms with Gasteiger partial charge in [-0.15, -0.1) is 0 Å². The summed E-state index contributed by atoms with van der Waals surface area (Å²) >= 11 is 0. The summed E-state index contributed by atoms with van der Waals surface area (Å²) < 4.78 is 4.76. The SMILES string of the molecule is Cc1ccc(-c2ccc3c4c5ccccc5ccc4n(-c4ccccc4)c3c2)cc1-c1c(C)c2c(c3ccccc13)c1ccccc1n2-c1nc(-c2ccccc2)c2c3c(ccc2n1)C=CC#CC3. The van der Waals surface area contributed by atoms with E-state index in [-0.39, 0.29) is 0 Å². The van der Waals surface area contributed by atoms with Crippen LogP contribution in [0.2, 0.25) is 0 Å². The average Bonchev–Trinajstić information content (AvgIpc) is 3.82. The summed E-state index contributed by atoms with van der Waals surface area (Å²) in [5.41, 5.74) is 18.0. The first kappa shape index (κ1) is 39.2. The molecule has 0 N–H and O–H groups in total. The molecule has 0 unspecified atom stereocenters. The van der Waals surface area contributed by atoms with Crippen LogP contribution in [0.1, 0.15) is 22.3 Å². The van der Waals surface area contributed by atoms with Crippen LogP contribution in [0.25, 0.3) is 127 Å². The molecule has 0 bridgehead atoms. The van der Waals surface area contributed by atoms with Gasteiger partial charge in [0.1, 0.15) is 0 Å². The first-order valence-corrected chi connectivity index (χ1v) is 23.7. The fraction of sp³-hybridized carbons (Fsp3) is 0.0462. The van der Waals surface area contributed by atoms with Crippen LogP contribution >= 0.6 is 0 Å². The number of allylic oxidation sites excluding steroid dienone is 1. The lowest BCUT2D eigenvalue weighted by atomic mass is 9.87. The molecule has 69 heavy (non-hydrogen) atoms. The van der Waals surface area contributed by atoms with Crippen molar-refractivity contribution in [3.63, 3.8) is 0 Å². The highest BCUT2D eigenvalue weighted by Crippen LogP contribution is 2.47. The second-order valence-corrected chi connectivity index (χ2v) is 18.3. The number of para-hydroxylation sites is 2. The van der Waals surface area contributed by atoms with Crippen LogP contribution in [-0.4, -0.2) is 19.1 Å². The number of fused-ring (bicyclic) bond motifs is 13. The van der Waals surface area contributed by atoms with Crippen LogP contribution in [0.3, 0.4) is 0 Å². The molecular weight excluding hydrogens is 837 g/mol. The van der Waals surface area contributed by atoms with Crippen molar-refractivity contribution in [1.29, 1.82) is 0 Å². The molecule has 0 saturated carbocycles. The van der Waals surface area contributed by atoms with Gasteiger partial charge in [-0.05, 0) is 135 Å². The Morgan fingerprint density at radius 3 is 2.06 bits per heavy atom. The zero-order valence-electron chi connectivity index (χ0n) is 38.1. The van der Waals surface area contributed by atoms with Crippen molar-refractivity contribution >= 4 is 82.1 Å². The van der Waals surface area contributed by atoms with Gasteiger partial charge in [0.15, 0.2) is 0 Å². The monoisotopic (exact) mass is 878 g/mol. The van der Waals surface area contributed by atoms with E-state index in [2.05, 4.69) is 235 Å². The normalized spacial score (nSPS) is 12.4. The Kier molecular flexibility index (Phi) is 8.66. The summed E-state index contributed by atoms with van der Waals surface area (Å²) in [6.07, 6.45) is 4.69. The van der Waals surface area contributed by atoms with Crippen molar-refractivity contribution in [2.75, 3.05) is 0 Å². The summed E-state index contributed by atoms with van der Waals surface area (Å²) in [5, 5.41) is 10.9. The molecule has 0 atom stereocenters. The molecule has 1 aliphatic carbocycles. The Morgan fingerprint density at radius 2 is 1.20 bits per heavy atom. The van der Waals surface area contributed by atoms with Gasteiger partial charge < -0.3 is 4.57 Å². The fourth-order valence-electron chi connectivity index (χ4n) is 11.4. The molecule has 3 aromatic heterocycles. The summed E-state index contributed by atoms with van der Waals surface area (Å²) in [4.78, 5) is 11.1. The van der Waals surface area contributed by atoms with Gasteiger partial charge in [-0.3, -0.25) is 4.57 Å². The Morgan fingerprint density at radius 1 is 0.493 bits per heavy atom. The second-order valence-electron chi connectivity index (χ2n) is 18.3. The van der Waals surface area contributed by atoms with Gasteiger partial charge >= 0.3 is 0 Å². The van der Waals surface area contributed by atoms with E-state index >= 15 is 0 Å². The third-order valence-corrected chi connectivity index (χ3v) is 14.5. The van der Waals surface area contributed by atoms with Crippen LogP contribution < -0.4 is 0 Å². The first-order valence-electron chi connectivity index (χ1n) is 23.7. The van der Waals surface area contributed by atoms with Crippen LogP contribution in [-0.2, 0) is 6.42 Å². The van der Waals surface area contributed by atoms with E-state index in [1.54, 1.807) is 0 Å². The number of aryl methyl sites for hydroxylation is 2. The molecule has 4 nitrogen and oxygen atoms in total. The van der Waals surface area contributed by atoms with E-state index in [0.717, 1.165) is 50.0 Å². The molecule has 0 saturated heterocycles. The van der Waals surface area contributed by atoms with E-state index < -0.39 is 0 Å². The largest absolute Gasteiger partial charge is 0.309 e. The highest BCUT2D eigenvalue weighted by atomic mass is 15.2. The predicted molar refractivity (Wildman–Crippen MR) is 290 cm³/mol. The summed E-state index contributed by atoms with van der Waals surface area (Å²) in [6.45, 7) is 4.54. The maximum Gasteiger partial charge on any atom is 0.235 e. The zero-order chi connectivity index (χ0) is 45.7. The minimum atomic E-state index is 0.631. The van der Waals surface area contributed by atoms with Crippen molar-refractivity contribution in [1.82, 2.24) is 19.1 Å². The molecule has 0 spiro atoms.